The first-order chi connectivity index (χ1) is 16.5. The van der Waals surface area contributed by atoms with Crippen LogP contribution in [0.5, 0.6) is 5.75 Å². The molecule has 34 heavy (non-hydrogen) atoms. The smallest absolute Gasteiger partial charge is 0.338 e. The minimum absolute atomic E-state index is 0.206. The van der Waals surface area contributed by atoms with Crippen LogP contribution in [-0.4, -0.2) is 63.3 Å². The highest BCUT2D eigenvalue weighted by molar-refractivity contribution is 5.95. The van der Waals surface area contributed by atoms with Gasteiger partial charge in [-0.05, 0) is 36.8 Å². The highest BCUT2D eigenvalue weighted by Gasteiger charge is 2.34. The van der Waals surface area contributed by atoms with Crippen molar-refractivity contribution in [1.82, 2.24) is 15.5 Å². The molecule has 0 radical (unpaired) electrons. The molecule has 8 nitrogen and oxygen atoms in total. The third kappa shape index (κ3) is 5.14. The van der Waals surface area contributed by atoms with Crippen LogP contribution in [0.3, 0.4) is 0 Å². The van der Waals surface area contributed by atoms with Crippen molar-refractivity contribution < 1.29 is 23.5 Å². The fourth-order valence-electron chi connectivity index (χ4n) is 4.36. The number of amides is 2. The van der Waals surface area contributed by atoms with E-state index in [1.165, 1.54) is 12.1 Å². The van der Waals surface area contributed by atoms with Gasteiger partial charge in [-0.15, -0.1) is 0 Å². The number of urea groups is 1. The largest absolute Gasteiger partial charge is 0.495 e. The summed E-state index contributed by atoms with van der Waals surface area (Å²) >= 11 is 0. The van der Waals surface area contributed by atoms with E-state index in [0.29, 0.717) is 23.4 Å². The number of rotatable bonds is 7. The summed E-state index contributed by atoms with van der Waals surface area (Å²) in [7, 11) is 1.66. The Bertz CT molecular complexity index is 1060. The van der Waals surface area contributed by atoms with Gasteiger partial charge in [0.1, 0.15) is 11.6 Å². The number of ether oxygens (including phenoxy) is 2. The molecule has 2 heterocycles. The number of nitrogens with one attached hydrogen (secondary N) is 2. The molecule has 2 aliphatic rings. The molecule has 9 heteroatoms. The lowest BCUT2D eigenvalue weighted by molar-refractivity contribution is -0.139. The molecule has 2 aromatic carbocycles. The second kappa shape index (κ2) is 10.6. The Balaban J connectivity index is 1.55. The van der Waals surface area contributed by atoms with Crippen LogP contribution in [0.25, 0.3) is 0 Å². The molecule has 0 aliphatic carbocycles. The zero-order valence-corrected chi connectivity index (χ0v) is 19.3. The van der Waals surface area contributed by atoms with Gasteiger partial charge in [0.05, 0.1) is 31.0 Å². The molecule has 2 aliphatic heterocycles. The second-order valence-electron chi connectivity index (χ2n) is 8.13. The molecule has 0 saturated carbocycles. The van der Waals surface area contributed by atoms with Crippen LogP contribution < -0.4 is 20.3 Å². The normalized spacial score (nSPS) is 18.9. The van der Waals surface area contributed by atoms with E-state index in [1.807, 2.05) is 24.3 Å². The van der Waals surface area contributed by atoms with E-state index >= 15 is 0 Å². The van der Waals surface area contributed by atoms with Gasteiger partial charge >= 0.3 is 12.0 Å². The van der Waals surface area contributed by atoms with Crippen LogP contribution in [0.2, 0.25) is 0 Å². The summed E-state index contributed by atoms with van der Waals surface area (Å²) in [6.07, 6.45) is 0. The summed E-state index contributed by atoms with van der Waals surface area (Å²) in [6, 6.07) is 12.5. The quantitative estimate of drug-likeness (QED) is 0.608. The molecule has 2 amide bonds. The molecule has 1 saturated heterocycles. The van der Waals surface area contributed by atoms with Gasteiger partial charge in [0, 0.05) is 38.4 Å². The number of nitrogens with zero attached hydrogens (tertiary/aromatic N) is 2. The predicted molar refractivity (Wildman–Crippen MR) is 126 cm³/mol. The molecule has 2 aromatic rings. The van der Waals surface area contributed by atoms with Crippen molar-refractivity contribution in [2.24, 2.45) is 0 Å². The molecule has 0 unspecified atom stereocenters. The summed E-state index contributed by atoms with van der Waals surface area (Å²) in [6.45, 7) is 5.35. The molecular formula is C25H29FN4O4. The van der Waals surface area contributed by atoms with Gasteiger partial charge in [-0.2, -0.15) is 0 Å². The summed E-state index contributed by atoms with van der Waals surface area (Å²) in [4.78, 5) is 29.9. The average molecular weight is 469 g/mol. The van der Waals surface area contributed by atoms with Crippen LogP contribution >= 0.6 is 0 Å². The summed E-state index contributed by atoms with van der Waals surface area (Å²) in [5, 5.41) is 5.58. The number of halogens is 1. The number of hydrogen-bond acceptors (Lipinski definition) is 6. The fraction of sp³-hybridized carbons (Fsp3) is 0.360. The highest BCUT2D eigenvalue weighted by Crippen LogP contribution is 2.30. The molecular weight excluding hydrogens is 439 g/mol. The van der Waals surface area contributed by atoms with Crippen LogP contribution in [0.4, 0.5) is 14.9 Å². The van der Waals surface area contributed by atoms with Crippen LogP contribution in [0.1, 0.15) is 18.5 Å². The predicted octanol–water partition coefficient (Wildman–Crippen LogP) is 2.83. The van der Waals surface area contributed by atoms with Gasteiger partial charge in [-0.3, -0.25) is 4.90 Å². The first-order valence-corrected chi connectivity index (χ1v) is 11.3. The first-order valence-electron chi connectivity index (χ1n) is 11.3. The summed E-state index contributed by atoms with van der Waals surface area (Å²) in [5.74, 6) is -0.0678. The van der Waals surface area contributed by atoms with E-state index in [-0.39, 0.29) is 12.4 Å². The minimum Gasteiger partial charge on any atom is -0.495 e. The van der Waals surface area contributed by atoms with Crippen molar-refractivity contribution in [2.45, 2.75) is 13.0 Å². The van der Waals surface area contributed by atoms with Crippen molar-refractivity contribution in [3.63, 3.8) is 0 Å². The van der Waals surface area contributed by atoms with Crippen molar-refractivity contribution in [2.75, 3.05) is 51.3 Å². The maximum Gasteiger partial charge on any atom is 0.338 e. The van der Waals surface area contributed by atoms with E-state index in [9.17, 15) is 14.0 Å². The monoisotopic (exact) mass is 468 g/mol. The number of para-hydroxylation sites is 2. The average Bonchev–Trinajstić information content (AvgIpc) is 2.84. The van der Waals surface area contributed by atoms with Gasteiger partial charge in [-0.1, -0.05) is 24.3 Å². The first kappa shape index (κ1) is 23.6. The lowest BCUT2D eigenvalue weighted by Gasteiger charge is -2.38. The lowest BCUT2D eigenvalue weighted by atomic mass is 9.95. The van der Waals surface area contributed by atoms with E-state index in [0.717, 1.165) is 37.6 Å². The van der Waals surface area contributed by atoms with Crippen molar-refractivity contribution in [1.29, 1.82) is 0 Å². The molecule has 4 rings (SSSR count). The van der Waals surface area contributed by atoms with Crippen LogP contribution in [0, 0.1) is 5.82 Å². The van der Waals surface area contributed by atoms with Crippen molar-refractivity contribution >= 4 is 17.7 Å². The number of carbonyl (C=O) groups is 2. The van der Waals surface area contributed by atoms with Gasteiger partial charge in [0.2, 0.25) is 0 Å². The number of hydrogen-bond donors (Lipinski definition) is 2. The Morgan fingerprint density at radius 1 is 1.09 bits per heavy atom. The molecule has 2 N–H and O–H groups in total. The van der Waals surface area contributed by atoms with E-state index in [1.54, 1.807) is 26.2 Å². The minimum atomic E-state index is -0.724. The van der Waals surface area contributed by atoms with Crippen LogP contribution in [0.15, 0.2) is 59.8 Å². The number of anilines is 1. The van der Waals surface area contributed by atoms with Gasteiger partial charge < -0.3 is 25.0 Å². The molecule has 1 atom stereocenters. The molecule has 0 aromatic heterocycles. The highest BCUT2D eigenvalue weighted by atomic mass is 19.1. The van der Waals surface area contributed by atoms with E-state index in [2.05, 4.69) is 20.4 Å². The Morgan fingerprint density at radius 3 is 2.47 bits per heavy atom. The summed E-state index contributed by atoms with van der Waals surface area (Å²) < 4.78 is 24.3. The zero-order chi connectivity index (χ0) is 24.1. The molecule has 0 bridgehead atoms. The number of methoxy groups -OCH3 is 1. The number of esters is 1. The summed E-state index contributed by atoms with van der Waals surface area (Å²) in [5.41, 5.74) is 2.49. The van der Waals surface area contributed by atoms with E-state index < -0.39 is 18.0 Å². The molecule has 180 valence electrons. The maximum atomic E-state index is 13.5. The van der Waals surface area contributed by atoms with Crippen LogP contribution in [-0.2, 0) is 9.53 Å². The van der Waals surface area contributed by atoms with E-state index in [4.69, 9.17) is 9.47 Å². The Kier molecular flexibility index (Phi) is 7.32. The third-order valence-electron chi connectivity index (χ3n) is 6.03. The van der Waals surface area contributed by atoms with Gasteiger partial charge in [0.15, 0.2) is 0 Å². The van der Waals surface area contributed by atoms with Gasteiger partial charge in [-0.25, -0.2) is 14.0 Å². The Hall–Kier alpha value is -3.59. The second-order valence-corrected chi connectivity index (χ2v) is 8.13. The SMILES string of the molecule is CCOC(=O)C1=C(CN2CCN(c3ccccc3OC)CC2)NC(=O)N[C@H]1c1ccc(F)cc1. The maximum absolute atomic E-state index is 13.5. The van der Waals surface area contributed by atoms with Gasteiger partial charge in [0.25, 0.3) is 0 Å². The Morgan fingerprint density at radius 2 is 1.79 bits per heavy atom. The standard InChI is InChI=1S/C25H29FN4O4/c1-3-34-24(31)22-19(27-25(32)28-23(22)17-8-10-18(26)11-9-17)16-29-12-14-30(15-13-29)20-6-4-5-7-21(20)33-2/h4-11,23H,3,12-16H2,1-2H3,(H2,27,28,32)/t23-/m0/s1. The van der Waals surface area contributed by atoms with Crippen molar-refractivity contribution in [3.8, 4) is 5.75 Å². The third-order valence-corrected chi connectivity index (χ3v) is 6.03. The molecule has 1 fully saturated rings. The lowest BCUT2D eigenvalue weighted by Crippen LogP contribution is -2.51. The van der Waals surface area contributed by atoms with Crippen molar-refractivity contribution in [3.05, 3.63) is 71.2 Å². The number of piperazine rings is 1. The molecule has 0 spiro atoms. The zero-order valence-electron chi connectivity index (χ0n) is 19.3. The Labute approximate surface area is 198 Å². The number of carbonyl (C=O) groups excluding carboxylic acids is 2. The number of benzene rings is 2. The topological polar surface area (TPSA) is 83.1 Å². The fourth-order valence-corrected chi connectivity index (χ4v) is 4.36.